The number of unbranched alkanes of at least 4 members (excludes halogenated alkanes) is 1. The number of thioether (sulfide) groups is 1. The van der Waals surface area contributed by atoms with Crippen molar-refractivity contribution in [3.05, 3.63) is 45.5 Å². The van der Waals surface area contributed by atoms with Gasteiger partial charge in [0.15, 0.2) is 17.6 Å². The summed E-state index contributed by atoms with van der Waals surface area (Å²) < 4.78 is 23.7. The van der Waals surface area contributed by atoms with Crippen LogP contribution in [-0.2, 0) is 43.0 Å². The second-order valence-electron chi connectivity index (χ2n) is 26.8. The van der Waals surface area contributed by atoms with E-state index in [1.165, 1.54) is 58.6 Å². The molecule has 5 aliphatic carbocycles. The van der Waals surface area contributed by atoms with Crippen molar-refractivity contribution >= 4 is 79.7 Å². The van der Waals surface area contributed by atoms with Crippen molar-refractivity contribution in [2.75, 3.05) is 85.2 Å². The number of benzene rings is 1. The second kappa shape index (κ2) is 30.3. The van der Waals surface area contributed by atoms with Crippen molar-refractivity contribution in [3.8, 4) is 5.75 Å². The van der Waals surface area contributed by atoms with Gasteiger partial charge in [0.2, 0.25) is 17.7 Å². The number of carbonyl (C=O) groups excluding carboxylic acids is 6. The fourth-order valence-corrected chi connectivity index (χ4v) is 17.7. The molecule has 1 aliphatic heterocycles. The number of carbonyl (C=O) groups is 7. The number of carboxylic acids is 1. The minimum Gasteiger partial charge on any atom is -0.480 e. The zero-order valence-corrected chi connectivity index (χ0v) is 54.9. The molecule has 2 aromatic rings. The first-order valence-corrected chi connectivity index (χ1v) is 33.8. The van der Waals surface area contributed by atoms with Crippen LogP contribution in [-0.4, -0.2) is 180 Å². The first-order valence-electron chi connectivity index (χ1n) is 32.0. The number of carboxylic acid groups (broad SMARTS) is 1. The van der Waals surface area contributed by atoms with E-state index in [1.54, 1.807) is 59.9 Å². The zero-order chi connectivity index (χ0) is 63.7. The Balaban J connectivity index is 0.687. The number of amides is 4. The average molecular weight is 1260 g/mol. The van der Waals surface area contributed by atoms with Gasteiger partial charge in [-0.15, -0.1) is 23.1 Å². The number of hydrogen-bond donors (Lipinski definition) is 5. The van der Waals surface area contributed by atoms with Crippen LogP contribution in [0.2, 0.25) is 0 Å². The molecule has 4 saturated carbocycles. The minimum atomic E-state index is -0.997. The predicted octanol–water partition coefficient (Wildman–Crippen LogP) is 8.58. The van der Waals surface area contributed by atoms with E-state index in [0.717, 1.165) is 44.9 Å². The molecule has 0 saturated heterocycles. The summed E-state index contributed by atoms with van der Waals surface area (Å²) >= 11 is 2.64. The number of fused-ring (bicyclic) bond motifs is 6. The van der Waals surface area contributed by atoms with Gasteiger partial charge in [-0.05, 0) is 137 Å². The summed E-state index contributed by atoms with van der Waals surface area (Å²) in [5, 5.41) is 38.4. The van der Waals surface area contributed by atoms with Crippen LogP contribution in [0.4, 0.5) is 4.79 Å². The second-order valence-corrected chi connectivity index (χ2v) is 28.9. The molecule has 4 fully saturated rings. The molecule has 0 bridgehead atoms. The molecule has 8 rings (SSSR count). The number of hydrogen-bond acceptors (Lipinski definition) is 17. The third-order valence-electron chi connectivity index (χ3n) is 20.8. The molecular weight excluding hydrogens is 1160 g/mol. The van der Waals surface area contributed by atoms with Crippen LogP contribution >= 0.6 is 23.1 Å². The van der Waals surface area contributed by atoms with Crippen LogP contribution in [0.3, 0.4) is 0 Å². The number of aliphatic carboxylic acids is 1. The number of nitrogens with one attached hydrogen (secondary N) is 2. The van der Waals surface area contributed by atoms with E-state index in [-0.39, 0.29) is 130 Å². The van der Waals surface area contributed by atoms with Crippen molar-refractivity contribution < 1.29 is 67.8 Å². The van der Waals surface area contributed by atoms with Gasteiger partial charge in [0, 0.05) is 98.6 Å². The number of allylic oxidation sites excluding steroid dienone is 4. The van der Waals surface area contributed by atoms with Crippen LogP contribution in [0.1, 0.15) is 150 Å². The molecule has 1 aromatic carbocycles. The van der Waals surface area contributed by atoms with Crippen LogP contribution < -0.4 is 15.4 Å². The standard InChI is InChI=1S/C66H96N6O14S2/c1-39(46-15-16-47-56-48(19-22-66(46,47)8)65(7)21-18-44(73)34-43(65)35-51(56)74)12-10-11-13-53(75)67-23-24-68-54(76)20-28-83-30-32-85-33-31-84-29-27-72(26-25-71(9)55(77)37-64(5,6)57-42(4)58(78)40(2)41(3)59(57)79)63(82)86-45-14-17-49-52(36-45)88-61(69-49)60-70-50(38-87-60)62(80)81/h14,17,36,39,43-44,46-48,50-51,56,73-74H,10-13,15-16,18-35,37-38H2,1-9H3,(H,67,75)(H,68,76)(H,80,81)/t39-,43+,44-,46-,47+,48+,50?,51-,56+,65+,66-/m0/s1. The van der Waals surface area contributed by atoms with Crippen molar-refractivity contribution in [1.82, 2.24) is 25.4 Å². The Hall–Kier alpha value is -5.10. The van der Waals surface area contributed by atoms with Gasteiger partial charge in [-0.1, -0.05) is 47.5 Å². The largest absolute Gasteiger partial charge is 0.480 e. The SMILES string of the molecule is CC1=C(C)C(=O)C(C(C)(C)CC(=O)N(C)CCN(CCOCCOCCOCCC(=O)NCCNC(=O)CCCC[C@H](C)[C@@H]2CC[C@@H]3[C@@H]4[C@@H](CC[C@]32C)[C@]2(C)CC[C@H](O)C[C@@H]2C[C@@H]4O)C(=O)Oc2ccc3nc(C4=NC(C(=O)O)CS4)sc3c2)=C(C)C1=O. The van der Waals surface area contributed by atoms with Gasteiger partial charge in [-0.2, -0.15) is 0 Å². The lowest BCUT2D eigenvalue weighted by atomic mass is 9.43. The lowest BCUT2D eigenvalue weighted by Crippen LogP contribution is -2.58. The van der Waals surface area contributed by atoms with E-state index in [1.807, 2.05) is 0 Å². The Morgan fingerprint density at radius 2 is 1.45 bits per heavy atom. The zero-order valence-electron chi connectivity index (χ0n) is 53.3. The molecule has 6 aliphatic rings. The fraction of sp³-hybridized carbons (Fsp3) is 0.712. The number of aliphatic imine (C=N–C) groups is 1. The molecule has 1 aromatic heterocycles. The number of nitrogens with zero attached hydrogens (tertiary/aromatic N) is 4. The monoisotopic (exact) mass is 1260 g/mol. The number of ether oxygens (including phenoxy) is 4. The molecule has 5 N–H and O–H groups in total. The maximum Gasteiger partial charge on any atom is 0.415 e. The maximum absolute atomic E-state index is 13.8. The molecular formula is C66H96N6O14S2. The Morgan fingerprint density at radius 3 is 2.16 bits per heavy atom. The Morgan fingerprint density at radius 1 is 0.795 bits per heavy atom. The summed E-state index contributed by atoms with van der Waals surface area (Å²) in [7, 11) is 1.62. The molecule has 88 heavy (non-hydrogen) atoms. The molecule has 0 radical (unpaired) electrons. The number of rotatable bonds is 30. The number of aliphatic hydroxyl groups is 2. The summed E-state index contributed by atoms with van der Waals surface area (Å²) in [5.41, 5.74) is 1.60. The Kier molecular flexibility index (Phi) is 23.7. The summed E-state index contributed by atoms with van der Waals surface area (Å²) in [6.45, 7) is 18.1. The van der Waals surface area contributed by atoms with Gasteiger partial charge in [-0.25, -0.2) is 14.6 Å². The van der Waals surface area contributed by atoms with E-state index in [2.05, 4.69) is 41.4 Å². The lowest BCUT2D eigenvalue weighted by molar-refractivity contribution is -0.174. The molecule has 0 spiro atoms. The molecule has 20 nitrogen and oxygen atoms in total. The third kappa shape index (κ3) is 16.3. The first kappa shape index (κ1) is 68.8. The summed E-state index contributed by atoms with van der Waals surface area (Å²) in [6.07, 6.45) is 10.8. The number of ketones is 2. The third-order valence-corrected chi connectivity index (χ3v) is 23.0. The molecule has 4 amide bonds. The van der Waals surface area contributed by atoms with E-state index in [0.29, 0.717) is 103 Å². The summed E-state index contributed by atoms with van der Waals surface area (Å²) in [6, 6.07) is 4.18. The molecule has 11 atom stereocenters. The Labute approximate surface area is 527 Å². The fourth-order valence-electron chi connectivity index (χ4n) is 15.6. The maximum atomic E-state index is 13.8. The molecule has 486 valence electrons. The number of aromatic nitrogens is 1. The highest BCUT2D eigenvalue weighted by molar-refractivity contribution is 8.15. The average Bonchev–Trinajstić information content (AvgIpc) is 1.29. The van der Waals surface area contributed by atoms with Gasteiger partial charge in [0.25, 0.3) is 0 Å². The van der Waals surface area contributed by atoms with Gasteiger partial charge < -0.3 is 54.7 Å². The van der Waals surface area contributed by atoms with Crippen LogP contribution in [0.5, 0.6) is 5.75 Å². The van der Waals surface area contributed by atoms with Crippen LogP contribution in [0.15, 0.2) is 45.5 Å². The first-order chi connectivity index (χ1) is 41.8. The van der Waals surface area contributed by atoms with E-state index in [9.17, 15) is 48.9 Å². The summed E-state index contributed by atoms with van der Waals surface area (Å²) in [5.74, 6) is 1.75. The number of likely N-dealkylation sites (N-methyl/N-ethyl adjacent to an activating group) is 1. The highest BCUT2D eigenvalue weighted by Gasteiger charge is 2.63. The van der Waals surface area contributed by atoms with Gasteiger partial charge in [0.1, 0.15) is 15.8 Å². The minimum absolute atomic E-state index is 0.00978. The quantitative estimate of drug-likeness (QED) is 0.0362. The lowest BCUT2D eigenvalue weighted by Gasteiger charge is -2.62. The highest BCUT2D eigenvalue weighted by atomic mass is 32.2. The molecule has 1 unspecified atom stereocenters. The van der Waals surface area contributed by atoms with E-state index in [4.69, 9.17) is 18.9 Å². The topological polar surface area (TPSA) is 273 Å². The molecule has 22 heteroatoms. The van der Waals surface area contributed by atoms with Crippen molar-refractivity contribution in [2.45, 2.75) is 164 Å². The number of thiazole rings is 1. The van der Waals surface area contributed by atoms with Gasteiger partial charge in [-0.3, -0.25) is 29.0 Å². The van der Waals surface area contributed by atoms with Crippen molar-refractivity contribution in [2.24, 2.45) is 56.7 Å². The van der Waals surface area contributed by atoms with Gasteiger partial charge in [0.05, 0.1) is 62.1 Å². The van der Waals surface area contributed by atoms with Crippen molar-refractivity contribution in [3.63, 3.8) is 0 Å². The smallest absolute Gasteiger partial charge is 0.415 e. The molecule has 2 heterocycles. The van der Waals surface area contributed by atoms with E-state index < -0.39 is 23.5 Å². The van der Waals surface area contributed by atoms with E-state index >= 15 is 0 Å². The highest BCUT2D eigenvalue weighted by Crippen LogP contribution is 2.68. The van der Waals surface area contributed by atoms with Crippen molar-refractivity contribution in [1.29, 1.82) is 0 Å². The van der Waals surface area contributed by atoms with Crippen LogP contribution in [0.25, 0.3) is 10.2 Å². The van der Waals surface area contributed by atoms with Gasteiger partial charge >= 0.3 is 12.1 Å². The van der Waals surface area contributed by atoms with Crippen LogP contribution in [0, 0.1) is 51.8 Å². The Bertz CT molecular complexity index is 2980. The normalized spacial score (nSPS) is 27.4. The number of Topliss-reactive ketones (excluding diaryl/α,β-unsaturated/α-hetero) is 2. The summed E-state index contributed by atoms with van der Waals surface area (Å²) in [4.78, 5) is 102. The number of aliphatic hydroxyl groups excluding tert-OH is 2. The predicted molar refractivity (Wildman–Crippen MR) is 338 cm³/mol.